The van der Waals surface area contributed by atoms with Crippen molar-refractivity contribution < 1.29 is 23.9 Å². The van der Waals surface area contributed by atoms with Crippen LogP contribution in [0.15, 0.2) is 91.0 Å². The molecule has 0 fully saturated rings. The van der Waals surface area contributed by atoms with Crippen LogP contribution in [0, 0.1) is 0 Å². The molecular weight excluding hydrogens is 456 g/mol. The van der Waals surface area contributed by atoms with E-state index in [0.717, 1.165) is 0 Å². The Morgan fingerprint density at radius 2 is 1.11 bits per heavy atom. The smallest absolute Gasteiger partial charge is 0.255 e. The molecule has 0 radical (unpaired) electrons. The average Bonchev–Trinajstić information content (AvgIpc) is 2.93. The van der Waals surface area contributed by atoms with E-state index in [2.05, 4.69) is 10.6 Å². The molecule has 36 heavy (non-hydrogen) atoms. The molecular formula is C29H20N2O5. The van der Waals surface area contributed by atoms with Crippen LogP contribution >= 0.6 is 0 Å². The van der Waals surface area contributed by atoms with Gasteiger partial charge in [-0.3, -0.25) is 19.2 Å². The van der Waals surface area contributed by atoms with Crippen molar-refractivity contribution in [2.75, 3.05) is 17.7 Å². The second-order valence-electron chi connectivity index (χ2n) is 8.10. The first kappa shape index (κ1) is 22.7. The standard InChI is InChI=1S/C29H20N2O5/c1-36-22-16-21(30-28(34)17-10-4-2-5-11-17)23-24(25(22)31-29(35)18-12-6-3-7-13-18)27(33)20-15-9-8-14-19(20)26(23)32/h2-16H,1H3,(H,30,34)(H,31,35). The molecule has 0 spiro atoms. The van der Waals surface area contributed by atoms with Gasteiger partial charge in [-0.1, -0.05) is 60.7 Å². The molecule has 5 rings (SSSR count). The fourth-order valence-electron chi connectivity index (χ4n) is 4.21. The van der Waals surface area contributed by atoms with E-state index in [4.69, 9.17) is 4.74 Å². The summed E-state index contributed by atoms with van der Waals surface area (Å²) < 4.78 is 5.52. The number of hydrogen-bond acceptors (Lipinski definition) is 5. The lowest BCUT2D eigenvalue weighted by Crippen LogP contribution is -2.27. The van der Waals surface area contributed by atoms with Crippen LogP contribution in [0.4, 0.5) is 11.4 Å². The molecule has 4 aromatic rings. The van der Waals surface area contributed by atoms with E-state index in [0.29, 0.717) is 11.1 Å². The molecule has 0 atom stereocenters. The summed E-state index contributed by atoms with van der Waals surface area (Å²) >= 11 is 0. The zero-order valence-corrected chi connectivity index (χ0v) is 19.2. The first-order chi connectivity index (χ1) is 17.5. The molecule has 0 saturated carbocycles. The highest BCUT2D eigenvalue weighted by molar-refractivity contribution is 6.33. The Balaban J connectivity index is 1.69. The predicted octanol–water partition coefficient (Wildman–Crippen LogP) is 4.98. The van der Waals surface area contributed by atoms with Gasteiger partial charge < -0.3 is 15.4 Å². The van der Waals surface area contributed by atoms with Gasteiger partial charge in [0.25, 0.3) is 11.8 Å². The molecule has 2 N–H and O–H groups in total. The van der Waals surface area contributed by atoms with Crippen molar-refractivity contribution in [2.24, 2.45) is 0 Å². The monoisotopic (exact) mass is 476 g/mol. The minimum atomic E-state index is -0.476. The Morgan fingerprint density at radius 3 is 1.64 bits per heavy atom. The van der Waals surface area contributed by atoms with Gasteiger partial charge in [-0.05, 0) is 24.3 Å². The first-order valence-electron chi connectivity index (χ1n) is 11.2. The SMILES string of the molecule is COc1cc(NC(=O)c2ccccc2)c2c(c1NC(=O)c1ccccc1)C(=O)c1ccccc1C2=O. The quantitative estimate of drug-likeness (QED) is 0.373. The van der Waals surface area contributed by atoms with Gasteiger partial charge in [0.1, 0.15) is 5.75 Å². The molecule has 0 aromatic heterocycles. The van der Waals surface area contributed by atoms with Crippen LogP contribution < -0.4 is 15.4 Å². The highest BCUT2D eigenvalue weighted by Gasteiger charge is 2.36. The molecule has 4 aromatic carbocycles. The maximum atomic E-state index is 13.7. The van der Waals surface area contributed by atoms with Crippen LogP contribution in [0.2, 0.25) is 0 Å². The van der Waals surface area contributed by atoms with Crippen molar-refractivity contribution in [3.8, 4) is 5.75 Å². The fourth-order valence-corrected chi connectivity index (χ4v) is 4.21. The summed E-state index contributed by atoms with van der Waals surface area (Å²) in [5, 5.41) is 5.50. The van der Waals surface area contributed by atoms with Crippen molar-refractivity contribution in [3.05, 3.63) is 124 Å². The van der Waals surface area contributed by atoms with E-state index in [1.807, 2.05) is 0 Å². The summed E-state index contributed by atoms with van der Waals surface area (Å²) in [6.07, 6.45) is 0. The lowest BCUT2D eigenvalue weighted by Gasteiger charge is -2.25. The average molecular weight is 476 g/mol. The minimum Gasteiger partial charge on any atom is -0.494 e. The number of fused-ring (bicyclic) bond motifs is 2. The Labute approximate surface area is 206 Å². The van der Waals surface area contributed by atoms with Crippen molar-refractivity contribution in [2.45, 2.75) is 0 Å². The normalized spacial score (nSPS) is 11.8. The molecule has 2 amide bonds. The molecule has 0 aliphatic heterocycles. The van der Waals surface area contributed by atoms with Crippen molar-refractivity contribution in [3.63, 3.8) is 0 Å². The van der Waals surface area contributed by atoms with Crippen LogP contribution in [0.25, 0.3) is 0 Å². The number of ether oxygens (including phenoxy) is 1. The number of carbonyl (C=O) groups is 4. The highest BCUT2D eigenvalue weighted by Crippen LogP contribution is 2.42. The zero-order valence-electron chi connectivity index (χ0n) is 19.2. The lowest BCUT2D eigenvalue weighted by molar-refractivity contribution is 0.0977. The number of carbonyl (C=O) groups excluding carboxylic acids is 4. The summed E-state index contributed by atoms with van der Waals surface area (Å²) in [6, 6.07) is 24.9. The molecule has 0 unspecified atom stereocenters. The summed E-state index contributed by atoms with van der Waals surface area (Å²) in [6.45, 7) is 0. The predicted molar refractivity (Wildman–Crippen MR) is 135 cm³/mol. The molecule has 7 heteroatoms. The van der Waals surface area contributed by atoms with Crippen molar-refractivity contribution in [1.82, 2.24) is 0 Å². The minimum absolute atomic E-state index is 0.00728. The molecule has 0 bridgehead atoms. The Bertz CT molecular complexity index is 1530. The number of nitrogens with one attached hydrogen (secondary N) is 2. The molecule has 1 aliphatic rings. The number of ketones is 2. The van der Waals surface area contributed by atoms with Gasteiger partial charge in [-0.25, -0.2) is 0 Å². The van der Waals surface area contributed by atoms with Gasteiger partial charge in [0, 0.05) is 28.3 Å². The van der Waals surface area contributed by atoms with Crippen molar-refractivity contribution in [1.29, 1.82) is 0 Å². The molecule has 0 heterocycles. The molecule has 176 valence electrons. The van der Waals surface area contributed by atoms with Crippen LogP contribution in [0.5, 0.6) is 5.75 Å². The second-order valence-corrected chi connectivity index (χ2v) is 8.10. The van der Waals surface area contributed by atoms with Gasteiger partial charge in [0.05, 0.1) is 29.6 Å². The van der Waals surface area contributed by atoms with Gasteiger partial charge in [0.15, 0.2) is 11.6 Å². The van der Waals surface area contributed by atoms with Crippen LogP contribution in [-0.4, -0.2) is 30.5 Å². The maximum Gasteiger partial charge on any atom is 0.255 e. The number of methoxy groups -OCH3 is 1. The van der Waals surface area contributed by atoms with E-state index in [1.54, 1.807) is 84.9 Å². The van der Waals surface area contributed by atoms with Crippen LogP contribution in [-0.2, 0) is 0 Å². The summed E-state index contributed by atoms with van der Waals surface area (Å²) in [7, 11) is 1.38. The van der Waals surface area contributed by atoms with Gasteiger partial charge in [-0.2, -0.15) is 0 Å². The first-order valence-corrected chi connectivity index (χ1v) is 11.2. The molecule has 7 nitrogen and oxygen atoms in total. The second kappa shape index (κ2) is 9.31. The molecule has 1 aliphatic carbocycles. The van der Waals surface area contributed by atoms with Crippen molar-refractivity contribution >= 4 is 34.8 Å². The van der Waals surface area contributed by atoms with E-state index < -0.39 is 23.4 Å². The van der Waals surface area contributed by atoms with E-state index in [9.17, 15) is 19.2 Å². The molecule has 0 saturated heterocycles. The number of benzene rings is 4. The summed E-state index contributed by atoms with van der Waals surface area (Å²) in [5.41, 5.74) is 1.30. The Morgan fingerprint density at radius 1 is 0.639 bits per heavy atom. The fraction of sp³-hybridized carbons (Fsp3) is 0.0345. The van der Waals surface area contributed by atoms with Gasteiger partial charge >= 0.3 is 0 Å². The maximum absolute atomic E-state index is 13.7. The number of anilines is 2. The largest absolute Gasteiger partial charge is 0.494 e. The van der Waals surface area contributed by atoms with Gasteiger partial charge in [0.2, 0.25) is 0 Å². The lowest BCUT2D eigenvalue weighted by atomic mass is 9.82. The zero-order chi connectivity index (χ0) is 25.2. The number of hydrogen-bond donors (Lipinski definition) is 2. The topological polar surface area (TPSA) is 102 Å². The number of amides is 2. The van der Waals surface area contributed by atoms with E-state index in [1.165, 1.54) is 13.2 Å². The van der Waals surface area contributed by atoms with E-state index >= 15 is 0 Å². The summed E-state index contributed by atoms with van der Waals surface area (Å²) in [5.74, 6) is -1.71. The number of rotatable bonds is 5. The van der Waals surface area contributed by atoms with Crippen LogP contribution in [0.1, 0.15) is 52.6 Å². The Hall–Kier alpha value is -5.04. The summed E-state index contributed by atoms with van der Waals surface area (Å²) in [4.78, 5) is 53.3. The third-order valence-electron chi connectivity index (χ3n) is 5.94. The van der Waals surface area contributed by atoms with Gasteiger partial charge in [-0.15, -0.1) is 0 Å². The van der Waals surface area contributed by atoms with E-state index in [-0.39, 0.29) is 39.4 Å². The third-order valence-corrected chi connectivity index (χ3v) is 5.94. The Kier molecular flexibility index (Phi) is 5.88. The van der Waals surface area contributed by atoms with Crippen LogP contribution in [0.3, 0.4) is 0 Å². The highest BCUT2D eigenvalue weighted by atomic mass is 16.5. The third kappa shape index (κ3) is 3.92.